The lowest BCUT2D eigenvalue weighted by Gasteiger charge is -2.19. The molecule has 0 radical (unpaired) electrons. The second-order valence-corrected chi connectivity index (χ2v) is 4.75. The summed E-state index contributed by atoms with van der Waals surface area (Å²) in [5.74, 6) is 0. The van der Waals surface area contributed by atoms with E-state index in [9.17, 15) is 4.79 Å². The third-order valence-electron chi connectivity index (χ3n) is 1.77. The predicted octanol–water partition coefficient (Wildman–Crippen LogP) is 2.94. The topological polar surface area (TPSA) is 44.1 Å². The lowest BCUT2D eigenvalue weighted by Crippen LogP contribution is -2.28. The van der Waals surface area contributed by atoms with E-state index in [-0.39, 0.29) is 0 Å². The number of carbonyl (C=O) groups is 1. The third-order valence-corrected chi connectivity index (χ3v) is 2.32. The molecule has 1 aromatic rings. The number of ether oxygens (including phenoxy) is 1. The van der Waals surface area contributed by atoms with Gasteiger partial charge in [0.05, 0.1) is 16.4 Å². The Morgan fingerprint density at radius 2 is 1.93 bits per heavy atom. The van der Waals surface area contributed by atoms with E-state index in [4.69, 9.17) is 16.3 Å². The van der Waals surface area contributed by atoms with E-state index in [2.05, 4.69) is 5.10 Å². The molecule has 0 N–H and O–H groups in total. The highest BCUT2D eigenvalue weighted by molar-refractivity contribution is 6.32. The lowest BCUT2D eigenvalue weighted by molar-refractivity contribution is 0.0510. The van der Waals surface area contributed by atoms with E-state index in [1.165, 1.54) is 4.68 Å². The molecule has 1 rings (SSSR count). The lowest BCUT2D eigenvalue weighted by atomic mass is 10.2. The summed E-state index contributed by atoms with van der Waals surface area (Å²) in [6.45, 7) is 8.89. The standard InChI is InChI=1S/C10H15ClN2O2/c1-6-8(11)7(2)13(12-6)9(14)15-10(3,4)5/h1-5H3. The van der Waals surface area contributed by atoms with Gasteiger partial charge in [-0.05, 0) is 34.6 Å². The van der Waals surface area contributed by atoms with E-state index in [0.717, 1.165) is 0 Å². The van der Waals surface area contributed by atoms with Gasteiger partial charge in [0.2, 0.25) is 0 Å². The number of hydrogen-bond donors (Lipinski definition) is 0. The Labute approximate surface area is 94.2 Å². The number of aromatic nitrogens is 2. The van der Waals surface area contributed by atoms with Crippen LogP contribution in [0.25, 0.3) is 0 Å². The molecule has 0 saturated heterocycles. The molecule has 15 heavy (non-hydrogen) atoms. The summed E-state index contributed by atoms with van der Waals surface area (Å²) < 4.78 is 6.36. The van der Waals surface area contributed by atoms with Crippen molar-refractivity contribution in [3.05, 3.63) is 16.4 Å². The zero-order chi connectivity index (χ0) is 11.8. The van der Waals surface area contributed by atoms with Crippen LogP contribution in [0, 0.1) is 13.8 Å². The van der Waals surface area contributed by atoms with Crippen LogP contribution in [0.15, 0.2) is 0 Å². The quantitative estimate of drug-likeness (QED) is 0.688. The van der Waals surface area contributed by atoms with Gasteiger partial charge in [0, 0.05) is 0 Å². The highest BCUT2D eigenvalue weighted by Crippen LogP contribution is 2.20. The molecule has 4 nitrogen and oxygen atoms in total. The first kappa shape index (κ1) is 12.0. The molecule has 0 aliphatic heterocycles. The summed E-state index contributed by atoms with van der Waals surface area (Å²) in [7, 11) is 0. The number of aryl methyl sites for hydroxylation is 1. The maximum Gasteiger partial charge on any atom is 0.435 e. The first-order valence-corrected chi connectivity index (χ1v) is 5.05. The number of nitrogens with zero attached hydrogens (tertiary/aromatic N) is 2. The molecule has 0 fully saturated rings. The fraction of sp³-hybridized carbons (Fsp3) is 0.600. The number of halogens is 1. The van der Waals surface area contributed by atoms with Gasteiger partial charge < -0.3 is 4.74 Å². The molecule has 84 valence electrons. The normalized spacial score (nSPS) is 11.6. The summed E-state index contributed by atoms with van der Waals surface area (Å²) in [6, 6.07) is 0. The minimum Gasteiger partial charge on any atom is -0.442 e. The fourth-order valence-electron chi connectivity index (χ4n) is 1.11. The van der Waals surface area contributed by atoms with Crippen LogP contribution in [0.3, 0.4) is 0 Å². The van der Waals surface area contributed by atoms with Gasteiger partial charge in [-0.2, -0.15) is 9.78 Å². The van der Waals surface area contributed by atoms with Crippen molar-refractivity contribution in [2.45, 2.75) is 40.2 Å². The van der Waals surface area contributed by atoms with Crippen LogP contribution >= 0.6 is 11.6 Å². The first-order valence-electron chi connectivity index (χ1n) is 4.67. The SMILES string of the molecule is Cc1nn(C(=O)OC(C)(C)C)c(C)c1Cl. The first-order chi connectivity index (χ1) is 6.72. The largest absolute Gasteiger partial charge is 0.442 e. The molecule has 5 heteroatoms. The molecule has 0 spiro atoms. The summed E-state index contributed by atoms with van der Waals surface area (Å²) in [5.41, 5.74) is 0.694. The summed E-state index contributed by atoms with van der Waals surface area (Å²) in [4.78, 5) is 11.7. The van der Waals surface area contributed by atoms with Crippen molar-refractivity contribution < 1.29 is 9.53 Å². The van der Waals surface area contributed by atoms with Crippen molar-refractivity contribution in [3.8, 4) is 0 Å². The van der Waals surface area contributed by atoms with Crippen molar-refractivity contribution in [1.29, 1.82) is 0 Å². The second-order valence-electron chi connectivity index (χ2n) is 4.38. The predicted molar refractivity (Wildman–Crippen MR) is 58.3 cm³/mol. The molecule has 0 amide bonds. The van der Waals surface area contributed by atoms with Gasteiger partial charge in [0.25, 0.3) is 0 Å². The second kappa shape index (κ2) is 3.85. The maximum atomic E-state index is 11.7. The van der Waals surface area contributed by atoms with Crippen molar-refractivity contribution in [2.75, 3.05) is 0 Å². The van der Waals surface area contributed by atoms with Crippen molar-refractivity contribution in [3.63, 3.8) is 0 Å². The highest BCUT2D eigenvalue weighted by atomic mass is 35.5. The smallest absolute Gasteiger partial charge is 0.435 e. The Morgan fingerprint density at radius 1 is 1.40 bits per heavy atom. The Bertz CT molecular complexity index is 391. The van der Waals surface area contributed by atoms with E-state index < -0.39 is 11.7 Å². The van der Waals surface area contributed by atoms with E-state index in [1.807, 2.05) is 0 Å². The minimum absolute atomic E-state index is 0.501. The molecule has 0 aliphatic rings. The van der Waals surface area contributed by atoms with Crippen molar-refractivity contribution in [2.24, 2.45) is 0 Å². The van der Waals surface area contributed by atoms with E-state index in [0.29, 0.717) is 16.4 Å². The molecule has 0 bridgehead atoms. The third kappa shape index (κ3) is 2.72. The molecular formula is C10H15ClN2O2. The van der Waals surface area contributed by atoms with Crippen LogP contribution in [0.1, 0.15) is 32.2 Å². The molecule has 0 atom stereocenters. The monoisotopic (exact) mass is 230 g/mol. The Morgan fingerprint density at radius 3 is 2.27 bits per heavy atom. The number of hydrogen-bond acceptors (Lipinski definition) is 3. The van der Waals surface area contributed by atoms with E-state index in [1.54, 1.807) is 34.6 Å². The number of rotatable bonds is 0. The van der Waals surface area contributed by atoms with Gasteiger partial charge in [0.15, 0.2) is 0 Å². The summed E-state index contributed by atoms with van der Waals surface area (Å²) in [5, 5.41) is 4.50. The van der Waals surface area contributed by atoms with Gasteiger partial charge in [-0.1, -0.05) is 11.6 Å². The summed E-state index contributed by atoms with van der Waals surface area (Å²) in [6.07, 6.45) is -0.505. The van der Waals surface area contributed by atoms with Crippen LogP contribution in [-0.4, -0.2) is 21.5 Å². The molecule has 0 unspecified atom stereocenters. The Balaban J connectivity index is 2.98. The van der Waals surface area contributed by atoms with Crippen LogP contribution in [0.5, 0.6) is 0 Å². The zero-order valence-electron chi connectivity index (χ0n) is 9.59. The van der Waals surface area contributed by atoms with Gasteiger partial charge in [-0.15, -0.1) is 0 Å². The Kier molecular flexibility index (Phi) is 3.09. The van der Waals surface area contributed by atoms with E-state index >= 15 is 0 Å². The van der Waals surface area contributed by atoms with Gasteiger partial charge >= 0.3 is 6.09 Å². The highest BCUT2D eigenvalue weighted by Gasteiger charge is 2.21. The molecule has 1 heterocycles. The Hall–Kier alpha value is -1.03. The van der Waals surface area contributed by atoms with Gasteiger partial charge in [-0.25, -0.2) is 4.79 Å². The molecule has 0 saturated carbocycles. The maximum absolute atomic E-state index is 11.7. The molecule has 0 aromatic carbocycles. The number of carbonyl (C=O) groups excluding carboxylic acids is 1. The van der Waals surface area contributed by atoms with Crippen molar-refractivity contribution in [1.82, 2.24) is 9.78 Å². The fourth-order valence-corrected chi connectivity index (χ4v) is 1.22. The summed E-state index contributed by atoms with van der Waals surface area (Å²) >= 11 is 5.92. The molecule has 0 aliphatic carbocycles. The van der Waals surface area contributed by atoms with Crippen molar-refractivity contribution >= 4 is 17.7 Å². The zero-order valence-corrected chi connectivity index (χ0v) is 10.3. The van der Waals surface area contributed by atoms with Crippen LogP contribution in [0.4, 0.5) is 4.79 Å². The molecule has 1 aromatic heterocycles. The average Bonchev–Trinajstić information content (AvgIpc) is 2.30. The average molecular weight is 231 g/mol. The minimum atomic E-state index is -0.532. The van der Waals surface area contributed by atoms with Crippen LogP contribution < -0.4 is 0 Å². The van der Waals surface area contributed by atoms with Crippen LogP contribution in [-0.2, 0) is 4.74 Å². The van der Waals surface area contributed by atoms with Gasteiger partial charge in [0.1, 0.15) is 5.60 Å². The van der Waals surface area contributed by atoms with Gasteiger partial charge in [-0.3, -0.25) is 0 Å². The molecular weight excluding hydrogens is 216 g/mol. The van der Waals surface area contributed by atoms with Crippen LogP contribution in [0.2, 0.25) is 5.02 Å².